The van der Waals surface area contributed by atoms with Crippen LogP contribution in [-0.4, -0.2) is 42.6 Å². The minimum atomic E-state index is -0.150. The van der Waals surface area contributed by atoms with Crippen LogP contribution in [0.3, 0.4) is 0 Å². The van der Waals surface area contributed by atoms with Crippen molar-refractivity contribution >= 4 is 23.2 Å². The summed E-state index contributed by atoms with van der Waals surface area (Å²) in [5.41, 5.74) is 11.9. The lowest BCUT2D eigenvalue weighted by Gasteiger charge is -2.19. The number of likely N-dealkylation sites (N-methyl/N-ethyl adjacent to an activating group) is 1. The summed E-state index contributed by atoms with van der Waals surface area (Å²) in [5.74, 6) is -0.269. The van der Waals surface area contributed by atoms with Crippen LogP contribution in [0.15, 0.2) is 30.3 Å². The van der Waals surface area contributed by atoms with Crippen molar-refractivity contribution in [1.29, 1.82) is 5.41 Å². The third kappa shape index (κ3) is 5.16. The number of nitrogens with two attached hydrogens (primary N) is 1. The zero-order chi connectivity index (χ0) is 23.3. The number of unbranched alkanes of at least 4 members (excludes halogenated alkanes) is 1. The molecular formula is C25H33N5O2. The molecule has 0 radical (unpaired) electrons. The van der Waals surface area contributed by atoms with Crippen LogP contribution in [0.2, 0.25) is 0 Å². The zero-order valence-corrected chi connectivity index (χ0v) is 19.2. The average Bonchev–Trinajstić information content (AvgIpc) is 3.20. The van der Waals surface area contributed by atoms with Gasteiger partial charge in [-0.05, 0) is 73.3 Å². The molecule has 7 nitrogen and oxygen atoms in total. The summed E-state index contributed by atoms with van der Waals surface area (Å²) in [6.07, 6.45) is 2.64. The second-order valence-electron chi connectivity index (χ2n) is 8.34. The molecule has 5 N–H and O–H groups in total. The molecule has 1 aliphatic rings. The maximum atomic E-state index is 13.3. The van der Waals surface area contributed by atoms with Gasteiger partial charge in [-0.15, -0.1) is 0 Å². The molecule has 0 bridgehead atoms. The van der Waals surface area contributed by atoms with E-state index >= 15 is 0 Å². The van der Waals surface area contributed by atoms with Crippen molar-refractivity contribution in [3.63, 3.8) is 0 Å². The van der Waals surface area contributed by atoms with Crippen LogP contribution in [-0.2, 0) is 13.1 Å². The number of carbonyl (C=O) groups is 2. The number of nitrogens with zero attached hydrogens (tertiary/aromatic N) is 1. The van der Waals surface area contributed by atoms with E-state index in [2.05, 4.69) is 17.6 Å². The molecule has 0 atom stereocenters. The van der Waals surface area contributed by atoms with Gasteiger partial charge in [0, 0.05) is 43.1 Å². The molecule has 3 rings (SSSR count). The van der Waals surface area contributed by atoms with Crippen LogP contribution in [0, 0.1) is 12.3 Å². The van der Waals surface area contributed by atoms with Crippen LogP contribution in [0.5, 0.6) is 0 Å². The van der Waals surface area contributed by atoms with E-state index in [0.717, 1.165) is 35.1 Å². The van der Waals surface area contributed by atoms with Gasteiger partial charge in [-0.2, -0.15) is 0 Å². The number of hydrogen-bond donors (Lipinski definition) is 4. The number of amides is 2. The van der Waals surface area contributed by atoms with Crippen LogP contribution < -0.4 is 16.4 Å². The molecule has 2 aromatic rings. The molecule has 0 spiro atoms. The van der Waals surface area contributed by atoms with Gasteiger partial charge in [-0.3, -0.25) is 9.59 Å². The van der Waals surface area contributed by atoms with E-state index in [0.29, 0.717) is 55.1 Å². The molecule has 0 fully saturated rings. The number of nitrogens with one attached hydrogen (secondary N) is 3. The predicted molar refractivity (Wildman–Crippen MR) is 128 cm³/mol. The molecule has 0 unspecified atom stereocenters. The summed E-state index contributed by atoms with van der Waals surface area (Å²) in [6.45, 7) is 6.19. The lowest BCUT2D eigenvalue weighted by molar-refractivity contribution is 0.0752. The van der Waals surface area contributed by atoms with E-state index in [1.54, 1.807) is 23.1 Å². The van der Waals surface area contributed by atoms with Crippen molar-refractivity contribution in [3.05, 3.63) is 63.7 Å². The highest BCUT2D eigenvalue weighted by molar-refractivity contribution is 6.05. The van der Waals surface area contributed by atoms with E-state index < -0.39 is 0 Å². The Morgan fingerprint density at radius 1 is 1.09 bits per heavy atom. The van der Waals surface area contributed by atoms with E-state index in [-0.39, 0.29) is 11.8 Å². The van der Waals surface area contributed by atoms with E-state index in [1.165, 1.54) is 0 Å². The lowest BCUT2D eigenvalue weighted by Crippen LogP contribution is -2.30. The minimum Gasteiger partial charge on any atom is -0.398 e. The number of benzene rings is 2. The number of nitrogen functional groups attached to an aromatic ring is 1. The number of fused-ring (bicyclic) bond motifs is 1. The summed E-state index contributed by atoms with van der Waals surface area (Å²) < 4.78 is 0. The summed E-state index contributed by atoms with van der Waals surface area (Å²) in [5, 5.41) is 14.3. The Hall–Kier alpha value is -3.19. The first-order valence-corrected chi connectivity index (χ1v) is 11.2. The van der Waals surface area contributed by atoms with Gasteiger partial charge in [0.15, 0.2) is 0 Å². The van der Waals surface area contributed by atoms with Gasteiger partial charge < -0.3 is 26.7 Å². The second kappa shape index (κ2) is 10.4. The van der Waals surface area contributed by atoms with Crippen molar-refractivity contribution in [2.75, 3.05) is 25.9 Å². The van der Waals surface area contributed by atoms with Crippen LogP contribution in [0.25, 0.3) is 0 Å². The molecule has 170 valence electrons. The highest BCUT2D eigenvalue weighted by atomic mass is 16.2. The normalized spacial score (nSPS) is 12.5. The predicted octanol–water partition coefficient (Wildman–Crippen LogP) is 3.24. The van der Waals surface area contributed by atoms with Gasteiger partial charge in [0.2, 0.25) is 0 Å². The van der Waals surface area contributed by atoms with E-state index in [4.69, 9.17) is 11.1 Å². The fraction of sp³-hybridized carbons (Fsp3) is 0.400. The van der Waals surface area contributed by atoms with Gasteiger partial charge in [-0.1, -0.05) is 19.4 Å². The maximum absolute atomic E-state index is 13.3. The first-order chi connectivity index (χ1) is 15.3. The van der Waals surface area contributed by atoms with Crippen molar-refractivity contribution in [3.8, 4) is 0 Å². The molecular weight excluding hydrogens is 402 g/mol. The molecule has 2 aromatic carbocycles. The fourth-order valence-corrected chi connectivity index (χ4v) is 3.98. The monoisotopic (exact) mass is 435 g/mol. The van der Waals surface area contributed by atoms with Gasteiger partial charge in [0.25, 0.3) is 11.8 Å². The van der Waals surface area contributed by atoms with E-state index in [1.807, 2.05) is 26.1 Å². The molecule has 2 amide bonds. The van der Waals surface area contributed by atoms with Crippen molar-refractivity contribution in [2.24, 2.45) is 0 Å². The minimum absolute atomic E-state index is 0.120. The number of anilines is 1. The largest absolute Gasteiger partial charge is 0.398 e. The summed E-state index contributed by atoms with van der Waals surface area (Å²) in [4.78, 5) is 27.4. The summed E-state index contributed by atoms with van der Waals surface area (Å²) >= 11 is 0. The quantitative estimate of drug-likeness (QED) is 0.275. The molecule has 1 aliphatic heterocycles. The van der Waals surface area contributed by atoms with Gasteiger partial charge in [0.05, 0.1) is 5.56 Å². The summed E-state index contributed by atoms with van der Waals surface area (Å²) in [7, 11) is 1.84. The number of carbonyl (C=O) groups excluding carboxylic acids is 2. The molecule has 0 saturated carbocycles. The lowest BCUT2D eigenvalue weighted by atomic mass is 9.96. The molecule has 1 heterocycles. The Kier molecular flexibility index (Phi) is 7.64. The number of hydrogen-bond acceptors (Lipinski definition) is 5. The smallest absolute Gasteiger partial charge is 0.256 e. The second-order valence-corrected chi connectivity index (χ2v) is 8.34. The third-order valence-electron chi connectivity index (χ3n) is 5.87. The van der Waals surface area contributed by atoms with Crippen LogP contribution in [0.1, 0.15) is 69.2 Å². The average molecular weight is 436 g/mol. The highest BCUT2D eigenvalue weighted by Crippen LogP contribution is 2.28. The molecule has 7 heteroatoms. The highest BCUT2D eigenvalue weighted by Gasteiger charge is 2.27. The fourth-order valence-electron chi connectivity index (χ4n) is 3.98. The van der Waals surface area contributed by atoms with E-state index in [9.17, 15) is 9.59 Å². The molecule has 0 aliphatic carbocycles. The standard InChI is InChI=1S/C25H33N5O2/c1-4-5-6-22(26)20-13-21(23(27)11-16(20)2)25(32)30-14-18-8-7-17(12-19(18)15-30)24(31)29-10-9-28-3/h7-8,11-13,26,28H,4-6,9-10,14-15,27H2,1-3H3,(H,29,31). The molecule has 32 heavy (non-hydrogen) atoms. The van der Waals surface area contributed by atoms with Crippen molar-refractivity contribution < 1.29 is 9.59 Å². The first-order valence-electron chi connectivity index (χ1n) is 11.2. The van der Waals surface area contributed by atoms with Gasteiger partial charge in [-0.25, -0.2) is 0 Å². The maximum Gasteiger partial charge on any atom is 0.256 e. The van der Waals surface area contributed by atoms with Crippen LogP contribution in [0.4, 0.5) is 5.69 Å². The third-order valence-corrected chi connectivity index (χ3v) is 5.87. The van der Waals surface area contributed by atoms with Crippen molar-refractivity contribution in [2.45, 2.75) is 46.2 Å². The Morgan fingerprint density at radius 3 is 2.56 bits per heavy atom. The number of aryl methyl sites for hydroxylation is 1. The first kappa shape index (κ1) is 23.5. The number of rotatable bonds is 9. The molecule has 0 saturated heterocycles. The SMILES string of the molecule is CCCCC(=N)c1cc(C(=O)N2Cc3ccc(C(=O)NCCNC)cc3C2)c(N)cc1C. The van der Waals surface area contributed by atoms with Crippen molar-refractivity contribution in [1.82, 2.24) is 15.5 Å². The summed E-state index contributed by atoms with van der Waals surface area (Å²) in [6, 6.07) is 9.14. The Morgan fingerprint density at radius 2 is 1.84 bits per heavy atom. The topological polar surface area (TPSA) is 111 Å². The van der Waals surface area contributed by atoms with Gasteiger partial charge in [0.1, 0.15) is 0 Å². The Labute approximate surface area is 189 Å². The molecule has 0 aromatic heterocycles. The Bertz CT molecular complexity index is 1030. The Balaban J connectivity index is 1.77. The van der Waals surface area contributed by atoms with Gasteiger partial charge >= 0.3 is 0 Å². The van der Waals surface area contributed by atoms with Crippen LogP contribution >= 0.6 is 0 Å². The zero-order valence-electron chi connectivity index (χ0n) is 19.2.